The average molecular weight is 364 g/mol. The van der Waals surface area contributed by atoms with E-state index in [0.29, 0.717) is 11.6 Å². The average Bonchev–Trinajstić information content (AvgIpc) is 3.01. The van der Waals surface area contributed by atoms with Gasteiger partial charge in [0, 0.05) is 23.9 Å². The molecule has 5 heteroatoms. The van der Waals surface area contributed by atoms with E-state index in [1.54, 1.807) is 7.11 Å². The maximum absolute atomic E-state index is 6.21. The summed E-state index contributed by atoms with van der Waals surface area (Å²) in [4.78, 5) is 4.60. The number of hydrogen-bond donors (Lipinski definition) is 0. The second-order valence-electron chi connectivity index (χ2n) is 6.20. The first-order valence-corrected chi connectivity index (χ1v) is 8.73. The Morgan fingerprint density at radius 2 is 1.85 bits per heavy atom. The van der Waals surface area contributed by atoms with Crippen LogP contribution in [0.3, 0.4) is 0 Å². The quantitative estimate of drug-likeness (QED) is 0.502. The monoisotopic (exact) mass is 363 g/mol. The van der Waals surface area contributed by atoms with Gasteiger partial charge in [-0.15, -0.1) is 0 Å². The van der Waals surface area contributed by atoms with Crippen LogP contribution in [0.4, 0.5) is 0 Å². The molecular weight excluding hydrogens is 346 g/mol. The molecule has 0 aliphatic heterocycles. The first-order chi connectivity index (χ1) is 12.7. The van der Waals surface area contributed by atoms with Gasteiger partial charge in [0.1, 0.15) is 0 Å². The molecule has 0 atom stereocenters. The molecule has 0 aliphatic carbocycles. The number of aryl methyl sites for hydroxylation is 1. The van der Waals surface area contributed by atoms with Crippen LogP contribution in [0.25, 0.3) is 28.0 Å². The number of methoxy groups -OCH3 is 1. The lowest BCUT2D eigenvalue weighted by Crippen LogP contribution is -1.96. The van der Waals surface area contributed by atoms with Crippen molar-refractivity contribution in [3.63, 3.8) is 0 Å². The van der Waals surface area contributed by atoms with Crippen molar-refractivity contribution in [3.05, 3.63) is 77.1 Å². The molecule has 0 bridgehead atoms. The Labute approximate surface area is 157 Å². The molecule has 0 N–H and O–H groups in total. The lowest BCUT2D eigenvalue weighted by molar-refractivity contribution is 0.181. The third-order valence-electron chi connectivity index (χ3n) is 4.33. The molecule has 130 valence electrons. The van der Waals surface area contributed by atoms with E-state index in [1.807, 2.05) is 41.0 Å². The van der Waals surface area contributed by atoms with Crippen LogP contribution in [0.15, 0.2) is 60.8 Å². The number of fused-ring (bicyclic) bond motifs is 1. The normalized spacial score (nSPS) is 11.2. The van der Waals surface area contributed by atoms with Crippen molar-refractivity contribution < 1.29 is 4.74 Å². The molecule has 0 amide bonds. The minimum atomic E-state index is 0.401. The minimum absolute atomic E-state index is 0.401. The van der Waals surface area contributed by atoms with Gasteiger partial charge in [0.05, 0.1) is 23.6 Å². The Hall–Kier alpha value is -2.69. The van der Waals surface area contributed by atoms with E-state index in [1.165, 1.54) is 5.56 Å². The molecule has 0 radical (unpaired) electrons. The highest BCUT2D eigenvalue weighted by atomic mass is 35.5. The molecule has 0 fully saturated rings. The van der Waals surface area contributed by atoms with Crippen LogP contribution in [0.2, 0.25) is 5.02 Å². The van der Waals surface area contributed by atoms with Crippen molar-refractivity contribution in [3.8, 4) is 22.4 Å². The number of rotatable bonds is 4. The third kappa shape index (κ3) is 2.98. The molecule has 2 aromatic heterocycles. The van der Waals surface area contributed by atoms with E-state index < -0.39 is 0 Å². The van der Waals surface area contributed by atoms with Gasteiger partial charge in [-0.05, 0) is 30.7 Å². The van der Waals surface area contributed by atoms with E-state index in [-0.39, 0.29) is 0 Å². The van der Waals surface area contributed by atoms with Crippen molar-refractivity contribution in [2.45, 2.75) is 13.5 Å². The molecule has 2 aromatic carbocycles. The lowest BCUT2D eigenvalue weighted by Gasteiger charge is -2.06. The second-order valence-corrected chi connectivity index (χ2v) is 6.63. The summed E-state index contributed by atoms with van der Waals surface area (Å²) in [6, 6.07) is 18.1. The van der Waals surface area contributed by atoms with Gasteiger partial charge in [-0.25, -0.2) is 9.50 Å². The fraction of sp³-hybridized carbons (Fsp3) is 0.143. The fourth-order valence-electron chi connectivity index (χ4n) is 3.11. The summed E-state index contributed by atoms with van der Waals surface area (Å²) in [5.41, 5.74) is 6.85. The minimum Gasteiger partial charge on any atom is -0.378 e. The summed E-state index contributed by atoms with van der Waals surface area (Å²) in [7, 11) is 1.67. The van der Waals surface area contributed by atoms with Crippen molar-refractivity contribution in [2.24, 2.45) is 0 Å². The Balaban J connectivity index is 1.98. The highest BCUT2D eigenvalue weighted by Crippen LogP contribution is 2.32. The van der Waals surface area contributed by atoms with Crippen LogP contribution in [0.1, 0.15) is 11.3 Å². The first kappa shape index (κ1) is 16.8. The van der Waals surface area contributed by atoms with Crippen molar-refractivity contribution in [2.75, 3.05) is 7.11 Å². The maximum atomic E-state index is 6.21. The molecule has 0 aliphatic rings. The number of nitrogens with zero attached hydrogens (tertiary/aromatic N) is 3. The SMILES string of the molecule is COCc1nn2c(-c3ccc(C)cc3)ccnc2c1-c1cccc(Cl)c1. The molecule has 0 unspecified atom stereocenters. The summed E-state index contributed by atoms with van der Waals surface area (Å²) < 4.78 is 7.26. The standard InChI is InChI=1S/C21H18ClN3O/c1-14-6-8-15(9-7-14)19-10-11-23-21-20(16-4-3-5-17(22)12-16)18(13-26-2)24-25(19)21/h3-12H,13H2,1-2H3. The molecule has 4 nitrogen and oxygen atoms in total. The van der Waals surface area contributed by atoms with Crippen molar-refractivity contribution >= 4 is 17.2 Å². The predicted molar refractivity (Wildman–Crippen MR) is 104 cm³/mol. The molecule has 0 spiro atoms. The summed E-state index contributed by atoms with van der Waals surface area (Å²) in [5.74, 6) is 0. The van der Waals surface area contributed by atoms with Gasteiger partial charge in [0.15, 0.2) is 5.65 Å². The fourth-order valence-corrected chi connectivity index (χ4v) is 3.30. The summed E-state index contributed by atoms with van der Waals surface area (Å²) >= 11 is 6.21. The molecule has 4 aromatic rings. The van der Waals surface area contributed by atoms with Gasteiger partial charge in [-0.1, -0.05) is 53.6 Å². The van der Waals surface area contributed by atoms with E-state index >= 15 is 0 Å². The number of aromatic nitrogens is 3. The lowest BCUT2D eigenvalue weighted by atomic mass is 10.1. The Bertz CT molecular complexity index is 1070. The third-order valence-corrected chi connectivity index (χ3v) is 4.57. The predicted octanol–water partition coefficient (Wildman–Crippen LogP) is 5.17. The number of ether oxygens (including phenoxy) is 1. The van der Waals surface area contributed by atoms with Crippen LogP contribution in [0, 0.1) is 6.92 Å². The summed E-state index contributed by atoms with van der Waals surface area (Å²) in [5, 5.41) is 5.47. The number of hydrogen-bond acceptors (Lipinski definition) is 3. The number of benzene rings is 2. The zero-order valence-electron chi connectivity index (χ0n) is 14.6. The van der Waals surface area contributed by atoms with Crippen LogP contribution >= 0.6 is 11.6 Å². The van der Waals surface area contributed by atoms with Crippen LogP contribution in [-0.2, 0) is 11.3 Å². The molecule has 0 saturated carbocycles. The van der Waals surface area contributed by atoms with Gasteiger partial charge >= 0.3 is 0 Å². The van der Waals surface area contributed by atoms with Crippen LogP contribution in [-0.4, -0.2) is 21.7 Å². The maximum Gasteiger partial charge on any atom is 0.163 e. The van der Waals surface area contributed by atoms with Crippen molar-refractivity contribution in [1.82, 2.24) is 14.6 Å². The molecule has 0 saturated heterocycles. The highest BCUT2D eigenvalue weighted by Gasteiger charge is 2.18. The Morgan fingerprint density at radius 3 is 2.58 bits per heavy atom. The van der Waals surface area contributed by atoms with E-state index in [0.717, 1.165) is 33.7 Å². The molecule has 4 rings (SSSR count). The zero-order chi connectivity index (χ0) is 18.1. The molecule has 26 heavy (non-hydrogen) atoms. The van der Waals surface area contributed by atoms with E-state index in [9.17, 15) is 0 Å². The van der Waals surface area contributed by atoms with E-state index in [2.05, 4.69) is 36.2 Å². The van der Waals surface area contributed by atoms with Gasteiger partial charge in [-0.2, -0.15) is 5.10 Å². The largest absolute Gasteiger partial charge is 0.378 e. The summed E-state index contributed by atoms with van der Waals surface area (Å²) in [6.07, 6.45) is 1.82. The van der Waals surface area contributed by atoms with Gasteiger partial charge in [0.2, 0.25) is 0 Å². The zero-order valence-corrected chi connectivity index (χ0v) is 15.4. The molecule has 2 heterocycles. The van der Waals surface area contributed by atoms with Gasteiger partial charge in [0.25, 0.3) is 0 Å². The van der Waals surface area contributed by atoms with E-state index in [4.69, 9.17) is 21.4 Å². The summed E-state index contributed by atoms with van der Waals surface area (Å²) in [6.45, 7) is 2.48. The van der Waals surface area contributed by atoms with Crippen LogP contribution < -0.4 is 0 Å². The number of halogens is 1. The Kier molecular flexibility index (Phi) is 4.45. The van der Waals surface area contributed by atoms with Crippen molar-refractivity contribution in [1.29, 1.82) is 0 Å². The molecular formula is C21H18ClN3O. The second kappa shape index (κ2) is 6.90. The Morgan fingerprint density at radius 1 is 1.04 bits per heavy atom. The highest BCUT2D eigenvalue weighted by molar-refractivity contribution is 6.30. The van der Waals surface area contributed by atoms with Crippen LogP contribution in [0.5, 0.6) is 0 Å². The first-order valence-electron chi connectivity index (χ1n) is 8.36. The van der Waals surface area contributed by atoms with Gasteiger partial charge in [-0.3, -0.25) is 0 Å². The van der Waals surface area contributed by atoms with Gasteiger partial charge < -0.3 is 4.74 Å². The smallest absolute Gasteiger partial charge is 0.163 e. The topological polar surface area (TPSA) is 39.4 Å².